The van der Waals surface area contributed by atoms with E-state index in [0.717, 1.165) is 6.07 Å². The van der Waals surface area contributed by atoms with E-state index in [2.05, 4.69) is 15.7 Å². The highest BCUT2D eigenvalue weighted by atomic mass is 19.4. The predicted octanol–water partition coefficient (Wildman–Crippen LogP) is 3.71. The Balaban J connectivity index is 2.17. The van der Waals surface area contributed by atoms with Crippen molar-refractivity contribution < 1.29 is 27.2 Å². The lowest BCUT2D eigenvalue weighted by atomic mass is 10.2. The third kappa shape index (κ3) is 4.12. The van der Waals surface area contributed by atoms with Crippen molar-refractivity contribution in [3.05, 3.63) is 47.3 Å². The zero-order chi connectivity index (χ0) is 17.7. The molecule has 0 fully saturated rings. The number of halogens is 3. The molecule has 1 heterocycles. The second-order valence-corrected chi connectivity index (χ2v) is 4.65. The quantitative estimate of drug-likeness (QED) is 0.510. The van der Waals surface area contributed by atoms with Gasteiger partial charge < -0.3 is 9.26 Å². The Morgan fingerprint density at radius 3 is 2.75 bits per heavy atom. The number of nitrogens with one attached hydrogen (secondary N) is 1. The van der Waals surface area contributed by atoms with Crippen LogP contribution >= 0.6 is 0 Å². The zero-order valence-electron chi connectivity index (χ0n) is 12.8. The molecule has 9 heteroatoms. The smallest absolute Gasteiger partial charge is 0.418 e. The molecule has 6 nitrogen and oxygen atoms in total. The number of aromatic nitrogens is 1. The number of alkyl halides is 3. The Bertz CT molecular complexity index is 754. The first-order chi connectivity index (χ1) is 11.3. The predicted molar refractivity (Wildman–Crippen MR) is 79.7 cm³/mol. The second kappa shape index (κ2) is 7.16. The average Bonchev–Trinajstić information content (AvgIpc) is 3.02. The van der Waals surface area contributed by atoms with E-state index in [4.69, 9.17) is 9.26 Å². The number of benzene rings is 1. The first kappa shape index (κ1) is 17.5. The molecule has 1 aromatic heterocycles. The van der Waals surface area contributed by atoms with E-state index >= 15 is 0 Å². The molecular weight excluding hydrogens is 327 g/mol. The number of hydrazone groups is 1. The van der Waals surface area contributed by atoms with E-state index in [1.807, 2.05) is 0 Å². The van der Waals surface area contributed by atoms with Crippen molar-refractivity contribution in [2.45, 2.75) is 20.0 Å². The van der Waals surface area contributed by atoms with Crippen LogP contribution in [0.25, 0.3) is 0 Å². The van der Waals surface area contributed by atoms with Gasteiger partial charge in [0.15, 0.2) is 11.5 Å². The van der Waals surface area contributed by atoms with Gasteiger partial charge in [0.25, 0.3) is 0 Å². The van der Waals surface area contributed by atoms with E-state index in [9.17, 15) is 18.0 Å². The molecule has 0 unspecified atom stereocenters. The van der Waals surface area contributed by atoms with Crippen molar-refractivity contribution >= 4 is 17.4 Å². The van der Waals surface area contributed by atoms with Gasteiger partial charge in [-0.2, -0.15) is 18.3 Å². The fourth-order valence-electron chi connectivity index (χ4n) is 1.77. The first-order valence-corrected chi connectivity index (χ1v) is 6.93. The Hall–Kier alpha value is -2.84. The summed E-state index contributed by atoms with van der Waals surface area (Å²) in [5.74, 6) is -0.522. The number of esters is 1. The topological polar surface area (TPSA) is 76.7 Å². The summed E-state index contributed by atoms with van der Waals surface area (Å²) in [7, 11) is 0. The molecule has 0 aliphatic heterocycles. The van der Waals surface area contributed by atoms with Crippen LogP contribution in [0, 0.1) is 0 Å². The fraction of sp³-hybridized carbons (Fsp3) is 0.267. The van der Waals surface area contributed by atoms with Crippen molar-refractivity contribution in [2.24, 2.45) is 5.10 Å². The monoisotopic (exact) mass is 341 g/mol. The normalized spacial score (nSPS) is 12.1. The van der Waals surface area contributed by atoms with Gasteiger partial charge in [0.1, 0.15) is 5.71 Å². The molecule has 0 atom stereocenters. The molecule has 2 aromatic rings. The van der Waals surface area contributed by atoms with Crippen LogP contribution in [-0.2, 0) is 10.9 Å². The van der Waals surface area contributed by atoms with Gasteiger partial charge in [-0.15, -0.1) is 0 Å². The number of hydrogen-bond donors (Lipinski definition) is 1. The van der Waals surface area contributed by atoms with Crippen molar-refractivity contribution in [1.29, 1.82) is 0 Å². The van der Waals surface area contributed by atoms with Gasteiger partial charge in [0, 0.05) is 6.07 Å². The molecule has 0 saturated heterocycles. The number of carbonyl (C=O) groups is 1. The molecule has 0 radical (unpaired) electrons. The van der Waals surface area contributed by atoms with Crippen molar-refractivity contribution in [3.63, 3.8) is 0 Å². The van der Waals surface area contributed by atoms with Crippen LogP contribution in [0.2, 0.25) is 0 Å². The van der Waals surface area contributed by atoms with Crippen LogP contribution in [-0.4, -0.2) is 23.4 Å². The number of nitrogens with zero attached hydrogens (tertiary/aromatic N) is 2. The maximum absolute atomic E-state index is 12.9. The lowest BCUT2D eigenvalue weighted by molar-refractivity contribution is -0.136. The molecule has 0 saturated carbocycles. The van der Waals surface area contributed by atoms with Gasteiger partial charge >= 0.3 is 12.1 Å². The highest BCUT2D eigenvalue weighted by molar-refractivity contribution is 5.98. The van der Waals surface area contributed by atoms with Crippen LogP contribution in [0.5, 0.6) is 0 Å². The summed E-state index contributed by atoms with van der Waals surface area (Å²) in [4.78, 5) is 11.5. The van der Waals surface area contributed by atoms with Crippen molar-refractivity contribution in [1.82, 2.24) is 5.16 Å². The van der Waals surface area contributed by atoms with Gasteiger partial charge in [-0.3, -0.25) is 5.43 Å². The average molecular weight is 341 g/mol. The van der Waals surface area contributed by atoms with Crippen molar-refractivity contribution in [2.75, 3.05) is 12.0 Å². The minimum absolute atomic E-state index is 0.0444. The molecule has 1 aromatic carbocycles. The molecule has 0 spiro atoms. The van der Waals surface area contributed by atoms with Crippen LogP contribution in [0.1, 0.15) is 35.7 Å². The van der Waals surface area contributed by atoms with Gasteiger partial charge in [-0.25, -0.2) is 4.79 Å². The van der Waals surface area contributed by atoms with Gasteiger partial charge in [-0.05, 0) is 26.0 Å². The van der Waals surface area contributed by atoms with Gasteiger partial charge in [0.05, 0.1) is 17.9 Å². The molecular formula is C15H14F3N3O3. The fourth-order valence-corrected chi connectivity index (χ4v) is 1.77. The highest BCUT2D eigenvalue weighted by Crippen LogP contribution is 2.34. The van der Waals surface area contributed by atoms with Crippen LogP contribution < -0.4 is 5.43 Å². The Labute approximate surface area is 135 Å². The van der Waals surface area contributed by atoms with Crippen molar-refractivity contribution in [3.8, 4) is 0 Å². The van der Waals surface area contributed by atoms with Crippen LogP contribution in [0.3, 0.4) is 0 Å². The number of carbonyl (C=O) groups excluding carboxylic acids is 1. The number of hydrogen-bond acceptors (Lipinski definition) is 6. The van der Waals surface area contributed by atoms with E-state index in [1.54, 1.807) is 6.92 Å². The van der Waals surface area contributed by atoms with Crippen LogP contribution in [0.15, 0.2) is 40.0 Å². The lowest BCUT2D eigenvalue weighted by Crippen LogP contribution is -2.09. The SMILES string of the molecule is CCOC(=O)c1cc(/C(C)=N/Nc2ccccc2C(F)(F)F)on1. The minimum Gasteiger partial charge on any atom is -0.461 e. The summed E-state index contributed by atoms with van der Waals surface area (Å²) in [6.07, 6.45) is -4.50. The number of anilines is 1. The number of rotatable bonds is 5. The molecule has 0 bridgehead atoms. The van der Waals surface area contributed by atoms with Gasteiger partial charge in [-0.1, -0.05) is 17.3 Å². The Morgan fingerprint density at radius 1 is 1.38 bits per heavy atom. The third-order valence-electron chi connectivity index (χ3n) is 2.93. The molecule has 24 heavy (non-hydrogen) atoms. The van der Waals surface area contributed by atoms with Gasteiger partial charge in [0.2, 0.25) is 0 Å². The summed E-state index contributed by atoms with van der Waals surface area (Å²) in [6, 6.07) is 6.24. The summed E-state index contributed by atoms with van der Waals surface area (Å²) < 4.78 is 48.4. The van der Waals surface area contributed by atoms with E-state index in [1.165, 1.54) is 31.2 Å². The Morgan fingerprint density at radius 2 is 2.08 bits per heavy atom. The molecule has 2 rings (SSSR count). The largest absolute Gasteiger partial charge is 0.461 e. The van der Waals surface area contributed by atoms with Crippen LogP contribution in [0.4, 0.5) is 18.9 Å². The minimum atomic E-state index is -4.50. The molecule has 128 valence electrons. The highest BCUT2D eigenvalue weighted by Gasteiger charge is 2.33. The molecule has 0 aliphatic carbocycles. The summed E-state index contributed by atoms with van der Waals surface area (Å²) in [5, 5.41) is 7.37. The molecule has 1 N–H and O–H groups in total. The molecule has 0 aliphatic rings. The van der Waals surface area contributed by atoms with E-state index in [-0.39, 0.29) is 29.5 Å². The van der Waals surface area contributed by atoms with E-state index in [0.29, 0.717) is 0 Å². The standard InChI is InChI=1S/C15H14F3N3O3/c1-3-23-14(22)12-8-13(24-21-12)9(2)19-20-11-7-5-4-6-10(11)15(16,17)18/h4-8,20H,3H2,1-2H3/b19-9+. The van der Waals surface area contributed by atoms with E-state index < -0.39 is 17.7 Å². The maximum atomic E-state index is 12.9. The second-order valence-electron chi connectivity index (χ2n) is 4.65. The lowest BCUT2D eigenvalue weighted by Gasteiger charge is -2.11. The number of para-hydroxylation sites is 1. The summed E-state index contributed by atoms with van der Waals surface area (Å²) in [6.45, 7) is 3.33. The Kier molecular flexibility index (Phi) is 5.22. The maximum Gasteiger partial charge on any atom is 0.418 e. The summed E-state index contributed by atoms with van der Waals surface area (Å²) in [5.41, 5.74) is 1.48. The summed E-state index contributed by atoms with van der Waals surface area (Å²) >= 11 is 0. The molecule has 0 amide bonds. The third-order valence-corrected chi connectivity index (χ3v) is 2.93. The number of ether oxygens (including phenoxy) is 1. The zero-order valence-corrected chi connectivity index (χ0v) is 12.8. The first-order valence-electron chi connectivity index (χ1n) is 6.93.